The van der Waals surface area contributed by atoms with Crippen LogP contribution in [0.15, 0.2) is 42.5 Å². The molecule has 1 saturated heterocycles. The molecule has 2 aromatic rings. The van der Waals surface area contributed by atoms with Crippen molar-refractivity contribution >= 4 is 17.5 Å². The number of nitrogens with zero attached hydrogens (tertiary/aromatic N) is 2. The van der Waals surface area contributed by atoms with Crippen LogP contribution < -0.4 is 4.90 Å². The number of rotatable bonds is 5. The van der Waals surface area contributed by atoms with E-state index in [1.165, 1.54) is 12.1 Å². The normalized spacial score (nSPS) is 16.7. The van der Waals surface area contributed by atoms with Crippen molar-refractivity contribution < 1.29 is 18.4 Å². The van der Waals surface area contributed by atoms with Gasteiger partial charge in [-0.2, -0.15) is 0 Å². The molecular formula is C21H20F2N2O2. The SMILES string of the molecule is O=C1CCCN1c1ccc(C(=O)N(Cc2ccc(F)cc2F)C2CC2)cc1. The van der Waals surface area contributed by atoms with Crippen LogP contribution in [0, 0.1) is 11.6 Å². The highest BCUT2D eigenvalue weighted by Crippen LogP contribution is 2.31. The fourth-order valence-corrected chi connectivity index (χ4v) is 3.46. The van der Waals surface area contributed by atoms with E-state index in [1.807, 2.05) is 0 Å². The van der Waals surface area contributed by atoms with E-state index >= 15 is 0 Å². The molecule has 1 heterocycles. The van der Waals surface area contributed by atoms with Crippen LogP contribution in [0.3, 0.4) is 0 Å². The van der Waals surface area contributed by atoms with E-state index in [-0.39, 0.29) is 24.4 Å². The molecule has 2 fully saturated rings. The van der Waals surface area contributed by atoms with Crippen LogP contribution in [0.1, 0.15) is 41.6 Å². The third-order valence-electron chi connectivity index (χ3n) is 5.10. The Morgan fingerprint density at radius 1 is 1.11 bits per heavy atom. The van der Waals surface area contributed by atoms with Crippen molar-refractivity contribution in [1.82, 2.24) is 4.90 Å². The van der Waals surface area contributed by atoms with Gasteiger partial charge in [0.1, 0.15) is 11.6 Å². The van der Waals surface area contributed by atoms with Crippen LogP contribution in [-0.2, 0) is 11.3 Å². The van der Waals surface area contributed by atoms with Crippen LogP contribution in [0.5, 0.6) is 0 Å². The first-order valence-electron chi connectivity index (χ1n) is 9.18. The van der Waals surface area contributed by atoms with Crippen LogP contribution in [0.25, 0.3) is 0 Å². The Balaban J connectivity index is 1.53. The molecule has 0 radical (unpaired) electrons. The van der Waals surface area contributed by atoms with Crippen LogP contribution in [-0.4, -0.2) is 29.3 Å². The highest BCUT2D eigenvalue weighted by Gasteiger charge is 2.33. The molecule has 0 aromatic heterocycles. The monoisotopic (exact) mass is 370 g/mol. The van der Waals surface area contributed by atoms with Crippen LogP contribution >= 0.6 is 0 Å². The Morgan fingerprint density at radius 2 is 1.85 bits per heavy atom. The fraction of sp³-hybridized carbons (Fsp3) is 0.333. The third kappa shape index (κ3) is 3.70. The molecule has 0 spiro atoms. The molecule has 1 aliphatic heterocycles. The van der Waals surface area contributed by atoms with Crippen molar-refractivity contribution in [2.45, 2.75) is 38.3 Å². The van der Waals surface area contributed by atoms with E-state index in [0.717, 1.165) is 31.0 Å². The minimum absolute atomic E-state index is 0.0850. The molecule has 6 heteroatoms. The van der Waals surface area contributed by atoms with Gasteiger partial charge in [-0.05, 0) is 49.6 Å². The predicted molar refractivity (Wildman–Crippen MR) is 97.3 cm³/mol. The number of anilines is 1. The Hall–Kier alpha value is -2.76. The molecule has 4 rings (SSSR count). The Morgan fingerprint density at radius 3 is 2.44 bits per heavy atom. The van der Waals surface area contributed by atoms with Crippen molar-refractivity contribution in [3.05, 3.63) is 65.2 Å². The highest BCUT2D eigenvalue weighted by atomic mass is 19.1. The second-order valence-electron chi connectivity index (χ2n) is 7.10. The maximum atomic E-state index is 14.0. The Labute approximate surface area is 156 Å². The lowest BCUT2D eigenvalue weighted by molar-refractivity contribution is -0.117. The zero-order chi connectivity index (χ0) is 19.0. The maximum Gasteiger partial charge on any atom is 0.254 e. The molecule has 2 aromatic carbocycles. The predicted octanol–water partition coefficient (Wildman–Crippen LogP) is 3.90. The number of benzene rings is 2. The number of carbonyl (C=O) groups excluding carboxylic acids is 2. The topological polar surface area (TPSA) is 40.6 Å². The minimum atomic E-state index is -0.642. The Bertz CT molecular complexity index is 878. The van der Waals surface area contributed by atoms with Gasteiger partial charge in [0.15, 0.2) is 0 Å². The van der Waals surface area contributed by atoms with Gasteiger partial charge in [-0.15, -0.1) is 0 Å². The van der Waals surface area contributed by atoms with Gasteiger partial charge < -0.3 is 9.80 Å². The van der Waals surface area contributed by atoms with Crippen molar-refractivity contribution in [1.29, 1.82) is 0 Å². The van der Waals surface area contributed by atoms with E-state index in [2.05, 4.69) is 0 Å². The first kappa shape index (κ1) is 17.6. The lowest BCUT2D eigenvalue weighted by Gasteiger charge is -2.23. The first-order chi connectivity index (χ1) is 13.0. The van der Waals surface area contributed by atoms with Gasteiger partial charge in [0.25, 0.3) is 5.91 Å². The van der Waals surface area contributed by atoms with Crippen LogP contribution in [0.4, 0.5) is 14.5 Å². The van der Waals surface area contributed by atoms with Gasteiger partial charge in [-0.25, -0.2) is 8.78 Å². The quantitative estimate of drug-likeness (QED) is 0.801. The summed E-state index contributed by atoms with van der Waals surface area (Å²) in [5.74, 6) is -1.36. The lowest BCUT2D eigenvalue weighted by Crippen LogP contribution is -2.33. The number of amides is 2. The van der Waals surface area contributed by atoms with Gasteiger partial charge in [0.05, 0.1) is 0 Å². The minimum Gasteiger partial charge on any atom is -0.331 e. The summed E-state index contributed by atoms with van der Waals surface area (Å²) in [7, 11) is 0. The van der Waals surface area contributed by atoms with Crippen LogP contribution in [0.2, 0.25) is 0 Å². The molecule has 2 amide bonds. The van der Waals surface area contributed by atoms with E-state index in [4.69, 9.17) is 0 Å². The molecule has 1 saturated carbocycles. The summed E-state index contributed by atoms with van der Waals surface area (Å²) in [5.41, 5.74) is 1.59. The van der Waals surface area contributed by atoms with Gasteiger partial charge in [-0.1, -0.05) is 6.07 Å². The highest BCUT2D eigenvalue weighted by molar-refractivity contribution is 5.97. The summed E-state index contributed by atoms with van der Waals surface area (Å²) in [6, 6.07) is 10.5. The van der Waals surface area contributed by atoms with Gasteiger partial charge in [0.2, 0.25) is 5.91 Å². The third-order valence-corrected chi connectivity index (χ3v) is 5.10. The molecule has 4 nitrogen and oxygen atoms in total. The smallest absolute Gasteiger partial charge is 0.254 e. The maximum absolute atomic E-state index is 14.0. The first-order valence-corrected chi connectivity index (χ1v) is 9.18. The molecule has 0 bridgehead atoms. The number of hydrogen-bond acceptors (Lipinski definition) is 2. The molecule has 1 aliphatic carbocycles. The summed E-state index contributed by atoms with van der Waals surface area (Å²) in [6.45, 7) is 0.812. The fourth-order valence-electron chi connectivity index (χ4n) is 3.46. The van der Waals surface area contributed by atoms with Gasteiger partial charge >= 0.3 is 0 Å². The zero-order valence-corrected chi connectivity index (χ0v) is 14.8. The van der Waals surface area contributed by atoms with E-state index in [1.54, 1.807) is 34.1 Å². The van der Waals surface area contributed by atoms with Crippen molar-refractivity contribution in [2.24, 2.45) is 0 Å². The summed E-state index contributed by atoms with van der Waals surface area (Å²) in [6.07, 6.45) is 3.17. The summed E-state index contributed by atoms with van der Waals surface area (Å²) in [4.78, 5) is 28.2. The second kappa shape index (κ2) is 7.10. The molecular weight excluding hydrogens is 350 g/mol. The lowest BCUT2D eigenvalue weighted by atomic mass is 10.1. The van der Waals surface area contributed by atoms with Gasteiger partial charge in [0, 0.05) is 48.4 Å². The molecule has 27 heavy (non-hydrogen) atoms. The summed E-state index contributed by atoms with van der Waals surface area (Å²) < 4.78 is 27.1. The second-order valence-corrected chi connectivity index (χ2v) is 7.10. The average Bonchev–Trinajstić information content (AvgIpc) is 3.41. The largest absolute Gasteiger partial charge is 0.331 e. The molecule has 0 N–H and O–H groups in total. The van der Waals surface area contributed by atoms with E-state index < -0.39 is 11.6 Å². The average molecular weight is 370 g/mol. The molecule has 0 atom stereocenters. The van der Waals surface area contributed by atoms with E-state index in [9.17, 15) is 18.4 Å². The summed E-state index contributed by atoms with van der Waals surface area (Å²) in [5, 5.41) is 0. The standard InChI is InChI=1S/C21H20F2N2O2/c22-16-6-3-15(19(23)12-16)13-25(18-9-10-18)21(27)14-4-7-17(8-5-14)24-11-1-2-20(24)26/h3-8,12,18H,1-2,9-11,13H2. The zero-order valence-electron chi connectivity index (χ0n) is 14.8. The van der Waals surface area contributed by atoms with Crippen molar-refractivity contribution in [3.63, 3.8) is 0 Å². The number of carbonyl (C=O) groups is 2. The molecule has 2 aliphatic rings. The number of hydrogen-bond donors (Lipinski definition) is 0. The van der Waals surface area contributed by atoms with Crippen molar-refractivity contribution in [2.75, 3.05) is 11.4 Å². The molecule has 0 unspecified atom stereocenters. The Kier molecular flexibility index (Phi) is 4.64. The van der Waals surface area contributed by atoms with Gasteiger partial charge in [-0.3, -0.25) is 9.59 Å². The molecule has 140 valence electrons. The number of halogens is 2. The summed E-state index contributed by atoms with van der Waals surface area (Å²) >= 11 is 0. The van der Waals surface area contributed by atoms with Crippen molar-refractivity contribution in [3.8, 4) is 0 Å². The van der Waals surface area contributed by atoms with E-state index in [0.29, 0.717) is 24.1 Å².